The van der Waals surface area contributed by atoms with Crippen LogP contribution in [-0.4, -0.2) is 38.4 Å². The smallest absolute Gasteiger partial charge is 0.237 e. The van der Waals surface area contributed by atoms with Crippen LogP contribution in [-0.2, 0) is 11.2 Å². The lowest BCUT2D eigenvalue weighted by atomic mass is 10.1. The van der Waals surface area contributed by atoms with Crippen LogP contribution in [0.2, 0.25) is 0 Å². The lowest BCUT2D eigenvalue weighted by molar-refractivity contribution is -0.116. The minimum Gasteiger partial charge on any atom is -0.311 e. The summed E-state index contributed by atoms with van der Waals surface area (Å²) in [6.07, 6.45) is 0.910. The normalized spacial score (nSPS) is 13.1. The van der Waals surface area contributed by atoms with Crippen molar-refractivity contribution in [3.8, 4) is 5.69 Å². The molecule has 1 aliphatic rings. The van der Waals surface area contributed by atoms with E-state index in [1.807, 2.05) is 41.3 Å². The van der Waals surface area contributed by atoms with E-state index in [1.165, 1.54) is 28.5 Å². The molecule has 0 saturated carbocycles. The number of carbonyl (C=O) groups is 1. The van der Waals surface area contributed by atoms with E-state index in [2.05, 4.69) is 35.4 Å². The van der Waals surface area contributed by atoms with Crippen LogP contribution in [0, 0.1) is 13.8 Å². The van der Waals surface area contributed by atoms with E-state index in [9.17, 15) is 4.79 Å². The van der Waals surface area contributed by atoms with Crippen molar-refractivity contribution in [3.05, 3.63) is 59.2 Å². The molecule has 1 aromatic heterocycles. The van der Waals surface area contributed by atoms with Crippen molar-refractivity contribution < 1.29 is 4.79 Å². The predicted octanol–water partition coefficient (Wildman–Crippen LogP) is 2.96. The van der Waals surface area contributed by atoms with Gasteiger partial charge in [0.25, 0.3) is 0 Å². The van der Waals surface area contributed by atoms with Crippen LogP contribution < -0.4 is 4.90 Å². The summed E-state index contributed by atoms with van der Waals surface area (Å²) in [5.74, 6) is 0.383. The van der Waals surface area contributed by atoms with Gasteiger partial charge in [-0.1, -0.05) is 36.0 Å². The number of amides is 1. The fourth-order valence-electron chi connectivity index (χ4n) is 3.09. The molecular weight excluding hydrogens is 346 g/mol. The second-order valence-electron chi connectivity index (χ2n) is 6.35. The highest BCUT2D eigenvalue weighted by Crippen LogP contribution is 2.29. The first kappa shape index (κ1) is 16.8. The Bertz CT molecular complexity index is 968. The number of fused-ring (bicyclic) bond motifs is 1. The molecule has 0 saturated heterocycles. The largest absolute Gasteiger partial charge is 0.311 e. The number of hydrogen-bond acceptors (Lipinski definition) is 5. The number of aromatic nitrogens is 4. The van der Waals surface area contributed by atoms with Crippen LogP contribution in [0.3, 0.4) is 0 Å². The number of para-hydroxylation sites is 1. The lowest BCUT2D eigenvalue weighted by Crippen LogP contribution is -2.30. The van der Waals surface area contributed by atoms with Crippen molar-refractivity contribution in [2.45, 2.75) is 25.4 Å². The summed E-state index contributed by atoms with van der Waals surface area (Å²) in [6, 6.07) is 14.2. The minimum atomic E-state index is 0.0783. The van der Waals surface area contributed by atoms with Crippen molar-refractivity contribution in [2.24, 2.45) is 0 Å². The van der Waals surface area contributed by atoms with Gasteiger partial charge in [-0.2, -0.15) is 4.68 Å². The van der Waals surface area contributed by atoms with Gasteiger partial charge in [-0.25, -0.2) is 0 Å². The Morgan fingerprint density at radius 2 is 2.00 bits per heavy atom. The van der Waals surface area contributed by atoms with Crippen molar-refractivity contribution in [1.29, 1.82) is 0 Å². The monoisotopic (exact) mass is 365 g/mol. The number of hydrogen-bond donors (Lipinski definition) is 0. The maximum Gasteiger partial charge on any atom is 0.237 e. The molecule has 0 bridgehead atoms. The van der Waals surface area contributed by atoms with Crippen molar-refractivity contribution in [3.63, 3.8) is 0 Å². The van der Waals surface area contributed by atoms with E-state index in [0.717, 1.165) is 24.3 Å². The molecule has 4 rings (SSSR count). The van der Waals surface area contributed by atoms with Crippen molar-refractivity contribution >= 4 is 23.4 Å². The summed E-state index contributed by atoms with van der Waals surface area (Å²) in [5.41, 5.74) is 5.55. The zero-order chi connectivity index (χ0) is 18.1. The molecule has 0 fully saturated rings. The molecule has 26 heavy (non-hydrogen) atoms. The van der Waals surface area contributed by atoms with Gasteiger partial charge in [0.1, 0.15) is 0 Å². The number of carbonyl (C=O) groups excluding carboxylic acids is 1. The van der Waals surface area contributed by atoms with Gasteiger partial charge in [0, 0.05) is 12.2 Å². The first-order valence-electron chi connectivity index (χ1n) is 8.50. The second-order valence-corrected chi connectivity index (χ2v) is 7.30. The van der Waals surface area contributed by atoms with Crippen molar-refractivity contribution in [2.75, 3.05) is 17.2 Å². The van der Waals surface area contributed by atoms with E-state index in [-0.39, 0.29) is 5.91 Å². The molecule has 1 aliphatic heterocycles. The quantitative estimate of drug-likeness (QED) is 0.665. The fourth-order valence-corrected chi connectivity index (χ4v) is 3.86. The molecule has 0 unspecified atom stereocenters. The molecule has 0 spiro atoms. The summed E-state index contributed by atoms with van der Waals surface area (Å²) in [7, 11) is 0. The average Bonchev–Trinajstić information content (AvgIpc) is 3.29. The van der Waals surface area contributed by atoms with Gasteiger partial charge in [-0.3, -0.25) is 4.79 Å². The fraction of sp³-hybridized carbons (Fsp3) is 0.263. The van der Waals surface area contributed by atoms with Crippen LogP contribution in [0.5, 0.6) is 0 Å². The molecule has 2 aromatic carbocycles. The maximum absolute atomic E-state index is 12.7. The van der Waals surface area contributed by atoms with E-state index in [0.29, 0.717) is 10.9 Å². The molecule has 0 N–H and O–H groups in total. The Morgan fingerprint density at radius 1 is 1.15 bits per heavy atom. The highest BCUT2D eigenvalue weighted by Gasteiger charge is 2.24. The van der Waals surface area contributed by atoms with Gasteiger partial charge in [-0.05, 0) is 65.6 Å². The first-order chi connectivity index (χ1) is 12.6. The molecule has 1 amide bonds. The number of thioether (sulfide) groups is 1. The SMILES string of the molecule is Cc1ccc(-n2nnnc2SCC(=O)N2CCc3ccccc32)cc1C. The Hall–Kier alpha value is -2.67. The predicted molar refractivity (Wildman–Crippen MR) is 102 cm³/mol. The van der Waals surface area contributed by atoms with Gasteiger partial charge >= 0.3 is 0 Å². The van der Waals surface area contributed by atoms with Gasteiger partial charge in [-0.15, -0.1) is 5.10 Å². The topological polar surface area (TPSA) is 63.9 Å². The highest BCUT2D eigenvalue weighted by atomic mass is 32.2. The van der Waals surface area contributed by atoms with Gasteiger partial charge in [0.2, 0.25) is 11.1 Å². The minimum absolute atomic E-state index is 0.0783. The summed E-state index contributed by atoms with van der Waals surface area (Å²) in [6.45, 7) is 4.87. The third-order valence-electron chi connectivity index (χ3n) is 4.69. The molecule has 0 radical (unpaired) electrons. The van der Waals surface area contributed by atoms with Crippen LogP contribution in [0.15, 0.2) is 47.6 Å². The molecule has 0 atom stereocenters. The molecule has 132 valence electrons. The maximum atomic E-state index is 12.7. The lowest BCUT2D eigenvalue weighted by Gasteiger charge is -2.16. The summed E-state index contributed by atoms with van der Waals surface area (Å²) in [5, 5.41) is 12.6. The number of benzene rings is 2. The van der Waals surface area contributed by atoms with Gasteiger partial charge in [0.05, 0.1) is 11.4 Å². The van der Waals surface area contributed by atoms with Crippen LogP contribution in [0.25, 0.3) is 5.69 Å². The standard InChI is InChI=1S/C19H19N5OS/c1-13-7-8-16(11-14(13)2)24-19(20-21-22-24)26-12-18(25)23-10-9-15-5-3-4-6-17(15)23/h3-8,11H,9-10,12H2,1-2H3. The number of aryl methyl sites for hydroxylation is 2. The Balaban J connectivity index is 1.49. The summed E-state index contributed by atoms with van der Waals surface area (Å²) in [4.78, 5) is 14.5. The molecular formula is C19H19N5OS. The molecule has 0 aliphatic carbocycles. The van der Waals surface area contributed by atoms with E-state index in [4.69, 9.17) is 0 Å². The van der Waals surface area contributed by atoms with Crippen LogP contribution in [0.1, 0.15) is 16.7 Å². The number of rotatable bonds is 4. The Labute approximate surface area is 156 Å². The Kier molecular flexibility index (Phi) is 4.46. The van der Waals surface area contributed by atoms with Gasteiger partial charge in [0.15, 0.2) is 0 Å². The molecule has 2 heterocycles. The first-order valence-corrected chi connectivity index (χ1v) is 9.49. The van der Waals surface area contributed by atoms with E-state index >= 15 is 0 Å². The van der Waals surface area contributed by atoms with Gasteiger partial charge < -0.3 is 4.90 Å². The highest BCUT2D eigenvalue weighted by molar-refractivity contribution is 7.99. The van der Waals surface area contributed by atoms with E-state index < -0.39 is 0 Å². The summed E-state index contributed by atoms with van der Waals surface area (Å²) >= 11 is 1.36. The zero-order valence-electron chi connectivity index (χ0n) is 14.7. The zero-order valence-corrected chi connectivity index (χ0v) is 15.5. The Morgan fingerprint density at radius 3 is 2.85 bits per heavy atom. The van der Waals surface area contributed by atoms with Crippen LogP contribution >= 0.6 is 11.8 Å². The molecule has 6 nitrogen and oxygen atoms in total. The second kappa shape index (κ2) is 6.92. The summed E-state index contributed by atoms with van der Waals surface area (Å²) < 4.78 is 1.68. The molecule has 3 aromatic rings. The number of tetrazole rings is 1. The van der Waals surface area contributed by atoms with Crippen molar-refractivity contribution in [1.82, 2.24) is 20.2 Å². The molecule has 7 heteroatoms. The van der Waals surface area contributed by atoms with E-state index in [1.54, 1.807) is 4.68 Å². The number of anilines is 1. The average molecular weight is 365 g/mol. The van der Waals surface area contributed by atoms with Crippen LogP contribution in [0.4, 0.5) is 5.69 Å². The number of nitrogens with zero attached hydrogens (tertiary/aromatic N) is 5. The third-order valence-corrected chi connectivity index (χ3v) is 5.59. The third kappa shape index (κ3) is 3.10.